The van der Waals surface area contributed by atoms with Crippen molar-refractivity contribution in [2.75, 3.05) is 6.54 Å². The summed E-state index contributed by atoms with van der Waals surface area (Å²) in [6.07, 6.45) is 0. The summed E-state index contributed by atoms with van der Waals surface area (Å²) in [6.45, 7) is 3.71. The van der Waals surface area contributed by atoms with Crippen LogP contribution in [0.25, 0.3) is 0 Å². The summed E-state index contributed by atoms with van der Waals surface area (Å²) < 4.78 is 2.03. The molecule has 1 aromatic heterocycles. The van der Waals surface area contributed by atoms with E-state index in [1.54, 1.807) is 23.1 Å². The lowest BCUT2D eigenvalue weighted by atomic mass is 10.2. The van der Waals surface area contributed by atoms with Gasteiger partial charge in [0.1, 0.15) is 5.82 Å². The molecule has 7 heteroatoms. The number of aryl methyl sites for hydroxylation is 1. The zero-order chi connectivity index (χ0) is 14.3. The second kappa shape index (κ2) is 5.07. The Morgan fingerprint density at radius 2 is 2.00 bits per heavy atom. The second-order valence-electron chi connectivity index (χ2n) is 4.67. The lowest BCUT2D eigenvalue weighted by Crippen LogP contribution is -2.38. The molecule has 104 valence electrons. The van der Waals surface area contributed by atoms with Gasteiger partial charge in [-0.15, -0.1) is 10.2 Å². The predicted octanol–water partition coefficient (Wildman–Crippen LogP) is 2.55. The van der Waals surface area contributed by atoms with Gasteiger partial charge in [-0.3, -0.25) is 4.79 Å². The van der Waals surface area contributed by atoms with Gasteiger partial charge in [0.2, 0.25) is 0 Å². The average Bonchev–Trinajstić information content (AvgIpc) is 2.82. The zero-order valence-electron chi connectivity index (χ0n) is 10.8. The molecule has 0 unspecified atom stereocenters. The van der Waals surface area contributed by atoms with Crippen molar-refractivity contribution in [1.82, 2.24) is 19.7 Å². The van der Waals surface area contributed by atoms with Gasteiger partial charge in [-0.2, -0.15) is 0 Å². The van der Waals surface area contributed by atoms with Crippen LogP contribution in [0.5, 0.6) is 0 Å². The molecule has 5 nitrogen and oxygen atoms in total. The third-order valence-corrected chi connectivity index (χ3v) is 4.13. The van der Waals surface area contributed by atoms with E-state index in [2.05, 4.69) is 10.2 Å². The Morgan fingerprint density at radius 3 is 2.75 bits per heavy atom. The van der Waals surface area contributed by atoms with Gasteiger partial charge < -0.3 is 9.47 Å². The Balaban J connectivity index is 1.83. The maximum atomic E-state index is 12.4. The molecule has 0 saturated carbocycles. The molecular weight excluding hydrogens is 299 g/mol. The van der Waals surface area contributed by atoms with Crippen LogP contribution in [0.3, 0.4) is 0 Å². The first kappa shape index (κ1) is 13.4. The van der Waals surface area contributed by atoms with E-state index in [0.29, 0.717) is 35.2 Å². The number of rotatable bonds is 1. The normalized spacial score (nSPS) is 14.2. The lowest BCUT2D eigenvalue weighted by molar-refractivity contribution is 0.0706. The molecule has 0 bridgehead atoms. The van der Waals surface area contributed by atoms with Crippen molar-refractivity contribution in [2.24, 2.45) is 0 Å². The van der Waals surface area contributed by atoms with E-state index in [-0.39, 0.29) is 5.91 Å². The zero-order valence-corrected chi connectivity index (χ0v) is 12.3. The standard InChI is InChI=1S/C13H12Cl2N4O/c1-8-16-17-12-7-18(4-5-19(8)12)13(20)9-2-3-10(14)11(15)6-9/h2-3,6H,4-5,7H2,1H3. The molecule has 0 spiro atoms. The highest BCUT2D eigenvalue weighted by Crippen LogP contribution is 2.24. The Kier molecular flexibility index (Phi) is 3.40. The predicted molar refractivity (Wildman–Crippen MR) is 76.0 cm³/mol. The largest absolute Gasteiger partial charge is 0.329 e. The number of fused-ring (bicyclic) bond motifs is 1. The first-order valence-corrected chi connectivity index (χ1v) is 6.95. The van der Waals surface area contributed by atoms with Gasteiger partial charge in [-0.25, -0.2) is 0 Å². The number of hydrogen-bond donors (Lipinski definition) is 0. The number of hydrogen-bond acceptors (Lipinski definition) is 3. The molecule has 2 aromatic rings. The highest BCUT2D eigenvalue weighted by molar-refractivity contribution is 6.42. The Morgan fingerprint density at radius 1 is 1.20 bits per heavy atom. The molecule has 1 aliphatic rings. The van der Waals surface area contributed by atoms with Crippen molar-refractivity contribution in [1.29, 1.82) is 0 Å². The van der Waals surface area contributed by atoms with E-state index in [1.165, 1.54) is 0 Å². The van der Waals surface area contributed by atoms with Crippen LogP contribution >= 0.6 is 23.2 Å². The van der Waals surface area contributed by atoms with Crippen LogP contribution in [0.4, 0.5) is 0 Å². The van der Waals surface area contributed by atoms with Crippen molar-refractivity contribution in [2.45, 2.75) is 20.0 Å². The summed E-state index contributed by atoms with van der Waals surface area (Å²) >= 11 is 11.8. The molecule has 1 aliphatic heterocycles. The minimum absolute atomic E-state index is 0.0736. The molecule has 0 atom stereocenters. The van der Waals surface area contributed by atoms with Crippen LogP contribution in [-0.2, 0) is 13.1 Å². The van der Waals surface area contributed by atoms with Crippen LogP contribution in [0, 0.1) is 6.92 Å². The molecule has 1 aromatic carbocycles. The first-order valence-electron chi connectivity index (χ1n) is 6.19. The van der Waals surface area contributed by atoms with Crippen LogP contribution in [0.2, 0.25) is 10.0 Å². The fraction of sp³-hybridized carbons (Fsp3) is 0.308. The van der Waals surface area contributed by atoms with E-state index < -0.39 is 0 Å². The number of amides is 1. The molecule has 0 aliphatic carbocycles. The minimum Gasteiger partial charge on any atom is -0.329 e. The highest BCUT2D eigenvalue weighted by atomic mass is 35.5. The Labute approximate surface area is 126 Å². The number of carbonyl (C=O) groups excluding carboxylic acids is 1. The average molecular weight is 311 g/mol. The van der Waals surface area contributed by atoms with Crippen molar-refractivity contribution in [3.05, 3.63) is 45.5 Å². The van der Waals surface area contributed by atoms with E-state index in [4.69, 9.17) is 23.2 Å². The summed E-state index contributed by atoms with van der Waals surface area (Å²) in [6, 6.07) is 4.91. The fourth-order valence-corrected chi connectivity index (χ4v) is 2.59. The van der Waals surface area contributed by atoms with Crippen molar-refractivity contribution in [3.8, 4) is 0 Å². The summed E-state index contributed by atoms with van der Waals surface area (Å²) in [5.74, 6) is 1.61. The first-order chi connectivity index (χ1) is 9.56. The SMILES string of the molecule is Cc1nnc2n1CCN(C(=O)c1ccc(Cl)c(Cl)c1)C2. The van der Waals surface area contributed by atoms with Crippen molar-refractivity contribution in [3.63, 3.8) is 0 Å². The fourth-order valence-electron chi connectivity index (χ4n) is 2.29. The molecule has 0 saturated heterocycles. The van der Waals surface area contributed by atoms with Crippen LogP contribution in [0.1, 0.15) is 22.0 Å². The van der Waals surface area contributed by atoms with Gasteiger partial charge in [0.25, 0.3) is 5.91 Å². The van der Waals surface area contributed by atoms with E-state index >= 15 is 0 Å². The van der Waals surface area contributed by atoms with E-state index in [0.717, 1.165) is 11.6 Å². The molecular formula is C13H12Cl2N4O. The molecule has 0 N–H and O–H groups in total. The smallest absolute Gasteiger partial charge is 0.254 e. The number of carbonyl (C=O) groups is 1. The van der Waals surface area contributed by atoms with E-state index in [1.807, 2.05) is 11.5 Å². The van der Waals surface area contributed by atoms with Gasteiger partial charge in [0, 0.05) is 18.7 Å². The Hall–Kier alpha value is -1.59. The number of halogens is 2. The van der Waals surface area contributed by atoms with Gasteiger partial charge in [-0.1, -0.05) is 23.2 Å². The molecule has 3 rings (SSSR count). The summed E-state index contributed by atoms with van der Waals surface area (Å²) in [7, 11) is 0. The van der Waals surface area contributed by atoms with Crippen LogP contribution in [0.15, 0.2) is 18.2 Å². The number of nitrogens with zero attached hydrogens (tertiary/aromatic N) is 4. The van der Waals surface area contributed by atoms with Crippen LogP contribution in [-0.4, -0.2) is 32.1 Å². The van der Waals surface area contributed by atoms with Gasteiger partial charge in [0.15, 0.2) is 5.82 Å². The quantitative estimate of drug-likeness (QED) is 0.813. The molecule has 0 fully saturated rings. The third-order valence-electron chi connectivity index (χ3n) is 3.39. The molecule has 0 radical (unpaired) electrons. The van der Waals surface area contributed by atoms with Gasteiger partial charge >= 0.3 is 0 Å². The lowest BCUT2D eigenvalue weighted by Gasteiger charge is -2.27. The molecule has 20 heavy (non-hydrogen) atoms. The van der Waals surface area contributed by atoms with E-state index in [9.17, 15) is 4.79 Å². The maximum Gasteiger partial charge on any atom is 0.254 e. The van der Waals surface area contributed by atoms with Crippen LogP contribution < -0.4 is 0 Å². The highest BCUT2D eigenvalue weighted by Gasteiger charge is 2.24. The van der Waals surface area contributed by atoms with Crippen molar-refractivity contribution < 1.29 is 4.79 Å². The summed E-state index contributed by atoms with van der Waals surface area (Å²) in [5, 5.41) is 8.94. The third kappa shape index (κ3) is 2.27. The Bertz CT molecular complexity index is 683. The number of benzene rings is 1. The minimum atomic E-state index is -0.0736. The molecule has 2 heterocycles. The number of aromatic nitrogens is 3. The molecule has 1 amide bonds. The monoisotopic (exact) mass is 310 g/mol. The maximum absolute atomic E-state index is 12.4. The van der Waals surface area contributed by atoms with Gasteiger partial charge in [0.05, 0.1) is 16.6 Å². The topological polar surface area (TPSA) is 51.0 Å². The van der Waals surface area contributed by atoms with Gasteiger partial charge in [-0.05, 0) is 25.1 Å². The van der Waals surface area contributed by atoms with Crippen molar-refractivity contribution >= 4 is 29.1 Å². The second-order valence-corrected chi connectivity index (χ2v) is 5.49. The summed E-state index contributed by atoms with van der Waals surface area (Å²) in [4.78, 5) is 14.2. The summed E-state index contributed by atoms with van der Waals surface area (Å²) in [5.41, 5.74) is 0.532.